The summed E-state index contributed by atoms with van der Waals surface area (Å²) in [5.41, 5.74) is 2.35. The number of benzene rings is 1. The molecule has 2 aromatic rings. The molecule has 0 aliphatic heterocycles. The molecule has 1 aromatic heterocycles. The number of halogens is 2. The molecule has 2 rings (SSSR count). The highest BCUT2D eigenvalue weighted by Crippen LogP contribution is 2.19. The molecule has 0 N–H and O–H groups in total. The van der Waals surface area contributed by atoms with Crippen LogP contribution in [0.25, 0.3) is 0 Å². The predicted molar refractivity (Wildman–Crippen MR) is 78.2 cm³/mol. The van der Waals surface area contributed by atoms with E-state index in [0.29, 0.717) is 5.56 Å². The molecule has 1 amide bonds. The first-order chi connectivity index (χ1) is 8.97. The van der Waals surface area contributed by atoms with E-state index >= 15 is 0 Å². The summed E-state index contributed by atoms with van der Waals surface area (Å²) in [6, 6.07) is 10.7. The van der Waals surface area contributed by atoms with Crippen LogP contribution in [-0.2, 0) is 0 Å². The fourth-order valence-electron chi connectivity index (χ4n) is 1.67. The number of carbonyl (C=O) groups excluding carboxylic acids is 1. The third-order valence-corrected chi connectivity index (χ3v) is 3.12. The number of rotatable bonds is 2. The third-order valence-electron chi connectivity index (χ3n) is 2.74. The molecule has 98 valence electrons. The number of aryl methyl sites for hydroxylation is 1. The zero-order valence-corrected chi connectivity index (χ0v) is 12.0. The van der Waals surface area contributed by atoms with E-state index in [1.165, 1.54) is 12.1 Å². The van der Waals surface area contributed by atoms with Crippen molar-refractivity contribution in [3.8, 4) is 0 Å². The number of carbonyl (C=O) groups is 1. The van der Waals surface area contributed by atoms with Crippen LogP contribution in [0.4, 0.5) is 5.69 Å². The first kappa shape index (κ1) is 13.8. The Balaban J connectivity index is 2.30. The van der Waals surface area contributed by atoms with Gasteiger partial charge in [-0.25, -0.2) is 4.98 Å². The van der Waals surface area contributed by atoms with Crippen molar-refractivity contribution in [2.75, 3.05) is 11.9 Å². The van der Waals surface area contributed by atoms with Gasteiger partial charge < -0.3 is 4.90 Å². The molecule has 0 saturated heterocycles. The molecule has 0 radical (unpaired) electrons. The summed E-state index contributed by atoms with van der Waals surface area (Å²) in [7, 11) is 1.70. The monoisotopic (exact) mass is 294 g/mol. The number of hydrogen-bond donors (Lipinski definition) is 0. The second-order valence-corrected chi connectivity index (χ2v) is 4.98. The molecular weight excluding hydrogens is 283 g/mol. The zero-order valence-electron chi connectivity index (χ0n) is 10.5. The molecule has 0 aliphatic carbocycles. The molecular formula is C14H12Cl2N2O. The van der Waals surface area contributed by atoms with Gasteiger partial charge in [-0.2, -0.15) is 0 Å². The topological polar surface area (TPSA) is 33.2 Å². The van der Waals surface area contributed by atoms with Gasteiger partial charge in [0.15, 0.2) is 0 Å². The van der Waals surface area contributed by atoms with Gasteiger partial charge in [-0.1, -0.05) is 40.9 Å². The van der Waals surface area contributed by atoms with Crippen LogP contribution in [0.1, 0.15) is 15.9 Å². The lowest BCUT2D eigenvalue weighted by Gasteiger charge is -2.17. The fraction of sp³-hybridized carbons (Fsp3) is 0.143. The molecule has 0 aliphatic rings. The highest BCUT2D eigenvalue weighted by atomic mass is 35.5. The van der Waals surface area contributed by atoms with Crippen molar-refractivity contribution >= 4 is 34.8 Å². The van der Waals surface area contributed by atoms with Gasteiger partial charge >= 0.3 is 0 Å². The van der Waals surface area contributed by atoms with Crippen LogP contribution in [0, 0.1) is 6.92 Å². The molecule has 19 heavy (non-hydrogen) atoms. The van der Waals surface area contributed by atoms with Crippen LogP contribution in [0.2, 0.25) is 10.3 Å². The highest BCUT2D eigenvalue weighted by Gasteiger charge is 2.15. The SMILES string of the molecule is Cc1ccc(N(C)C(=O)c2cc(Cl)nc(Cl)c2)cc1. The predicted octanol–water partition coefficient (Wildman–Crippen LogP) is 3.97. The first-order valence-corrected chi connectivity index (χ1v) is 6.41. The Bertz CT molecular complexity index is 591. The molecule has 0 spiro atoms. The molecule has 0 atom stereocenters. The molecule has 0 fully saturated rings. The normalized spacial score (nSPS) is 10.3. The minimum atomic E-state index is -0.185. The van der Waals surface area contributed by atoms with Crippen LogP contribution in [0.5, 0.6) is 0 Å². The Morgan fingerprint density at radius 1 is 1.11 bits per heavy atom. The lowest BCUT2D eigenvalue weighted by Crippen LogP contribution is -2.26. The summed E-state index contributed by atoms with van der Waals surface area (Å²) in [6.45, 7) is 1.99. The van der Waals surface area contributed by atoms with Crippen molar-refractivity contribution in [1.29, 1.82) is 0 Å². The largest absolute Gasteiger partial charge is 0.311 e. The van der Waals surface area contributed by atoms with E-state index in [1.54, 1.807) is 11.9 Å². The number of amides is 1. The maximum Gasteiger partial charge on any atom is 0.258 e. The van der Waals surface area contributed by atoms with Crippen LogP contribution >= 0.6 is 23.2 Å². The van der Waals surface area contributed by atoms with E-state index in [-0.39, 0.29) is 16.2 Å². The average molecular weight is 295 g/mol. The summed E-state index contributed by atoms with van der Waals surface area (Å²) in [4.78, 5) is 17.7. The van der Waals surface area contributed by atoms with E-state index in [2.05, 4.69) is 4.98 Å². The van der Waals surface area contributed by atoms with Gasteiger partial charge in [0, 0.05) is 18.3 Å². The number of pyridine rings is 1. The third kappa shape index (κ3) is 3.25. The van der Waals surface area contributed by atoms with Crippen molar-refractivity contribution in [3.63, 3.8) is 0 Å². The molecule has 5 heteroatoms. The van der Waals surface area contributed by atoms with Crippen molar-refractivity contribution in [3.05, 3.63) is 57.8 Å². The number of anilines is 1. The maximum absolute atomic E-state index is 12.3. The van der Waals surface area contributed by atoms with Gasteiger partial charge in [0.1, 0.15) is 10.3 Å². The summed E-state index contributed by atoms with van der Waals surface area (Å²) in [5.74, 6) is -0.185. The summed E-state index contributed by atoms with van der Waals surface area (Å²) < 4.78 is 0. The maximum atomic E-state index is 12.3. The van der Waals surface area contributed by atoms with E-state index in [4.69, 9.17) is 23.2 Å². The molecule has 0 unspecified atom stereocenters. The Kier molecular flexibility index (Phi) is 4.08. The quantitative estimate of drug-likeness (QED) is 0.785. The Morgan fingerprint density at radius 2 is 1.63 bits per heavy atom. The minimum Gasteiger partial charge on any atom is -0.311 e. The molecule has 1 heterocycles. The fourth-order valence-corrected chi connectivity index (χ4v) is 2.13. The van der Waals surface area contributed by atoms with Crippen LogP contribution in [-0.4, -0.2) is 17.9 Å². The summed E-state index contributed by atoms with van der Waals surface area (Å²) in [6.07, 6.45) is 0. The number of nitrogens with zero attached hydrogens (tertiary/aromatic N) is 2. The lowest BCUT2D eigenvalue weighted by molar-refractivity contribution is 0.0993. The molecule has 0 bridgehead atoms. The van der Waals surface area contributed by atoms with E-state index in [9.17, 15) is 4.79 Å². The second-order valence-electron chi connectivity index (χ2n) is 4.20. The Hall–Kier alpha value is -1.58. The lowest BCUT2D eigenvalue weighted by atomic mass is 10.2. The van der Waals surface area contributed by atoms with Gasteiger partial charge in [0.2, 0.25) is 0 Å². The van der Waals surface area contributed by atoms with E-state index < -0.39 is 0 Å². The van der Waals surface area contributed by atoms with E-state index in [0.717, 1.165) is 11.3 Å². The first-order valence-electron chi connectivity index (χ1n) is 5.65. The van der Waals surface area contributed by atoms with Gasteiger partial charge in [-0.15, -0.1) is 0 Å². The van der Waals surface area contributed by atoms with Crippen molar-refractivity contribution < 1.29 is 4.79 Å². The molecule has 1 aromatic carbocycles. The van der Waals surface area contributed by atoms with Crippen LogP contribution < -0.4 is 4.90 Å². The molecule has 3 nitrogen and oxygen atoms in total. The van der Waals surface area contributed by atoms with Gasteiger partial charge in [-0.05, 0) is 31.2 Å². The van der Waals surface area contributed by atoms with Gasteiger partial charge in [0.25, 0.3) is 5.91 Å². The van der Waals surface area contributed by atoms with Crippen molar-refractivity contribution in [2.24, 2.45) is 0 Å². The van der Waals surface area contributed by atoms with Crippen molar-refractivity contribution in [1.82, 2.24) is 4.98 Å². The van der Waals surface area contributed by atoms with Crippen molar-refractivity contribution in [2.45, 2.75) is 6.92 Å². The standard InChI is InChI=1S/C14H12Cl2N2O/c1-9-3-5-11(6-4-9)18(2)14(19)10-7-12(15)17-13(16)8-10/h3-8H,1-2H3. The zero-order chi connectivity index (χ0) is 14.0. The summed E-state index contributed by atoms with van der Waals surface area (Å²) >= 11 is 11.6. The number of hydrogen-bond acceptors (Lipinski definition) is 2. The number of aromatic nitrogens is 1. The van der Waals surface area contributed by atoms with Gasteiger partial charge in [0.05, 0.1) is 0 Å². The average Bonchev–Trinajstić information content (AvgIpc) is 2.37. The Morgan fingerprint density at radius 3 is 2.16 bits per heavy atom. The molecule has 0 saturated carbocycles. The minimum absolute atomic E-state index is 0.185. The van der Waals surface area contributed by atoms with Crippen LogP contribution in [0.3, 0.4) is 0 Å². The Labute approximate surface area is 121 Å². The van der Waals surface area contributed by atoms with Crippen LogP contribution in [0.15, 0.2) is 36.4 Å². The second kappa shape index (κ2) is 5.59. The smallest absolute Gasteiger partial charge is 0.258 e. The highest BCUT2D eigenvalue weighted by molar-refractivity contribution is 6.33. The van der Waals surface area contributed by atoms with Gasteiger partial charge in [-0.3, -0.25) is 4.79 Å². The van der Waals surface area contributed by atoms with E-state index in [1.807, 2.05) is 31.2 Å². The summed E-state index contributed by atoms with van der Waals surface area (Å²) in [5, 5.41) is 0.404.